The summed E-state index contributed by atoms with van der Waals surface area (Å²) in [5.41, 5.74) is 6.98. The monoisotopic (exact) mass is 278 g/mol. The van der Waals surface area contributed by atoms with E-state index in [2.05, 4.69) is 10.1 Å². The van der Waals surface area contributed by atoms with Gasteiger partial charge < -0.3 is 15.0 Å². The van der Waals surface area contributed by atoms with Crippen LogP contribution in [0.25, 0.3) is 11.5 Å². The smallest absolute Gasteiger partial charge is 0.270 e. The van der Waals surface area contributed by atoms with Gasteiger partial charge >= 0.3 is 0 Å². The first kappa shape index (κ1) is 14.1. The lowest BCUT2D eigenvalue weighted by Gasteiger charge is -2.03. The van der Waals surface area contributed by atoms with Crippen molar-refractivity contribution in [1.29, 1.82) is 0 Å². The molecule has 0 fully saturated rings. The number of hydrogen-bond acceptors (Lipinski definition) is 7. The van der Waals surface area contributed by atoms with Crippen LogP contribution >= 0.6 is 0 Å². The number of nitrogens with zero attached hydrogens (tertiary/aromatic N) is 3. The van der Waals surface area contributed by atoms with Crippen LogP contribution in [0.4, 0.5) is 5.69 Å². The molecule has 0 aliphatic carbocycles. The maximum absolute atomic E-state index is 10.8. The highest BCUT2D eigenvalue weighted by Crippen LogP contribution is 2.25. The Morgan fingerprint density at radius 1 is 1.50 bits per heavy atom. The molecule has 2 aromatic rings. The number of nitro groups is 1. The zero-order valence-corrected chi connectivity index (χ0v) is 11.1. The molecule has 1 atom stereocenters. The van der Waals surface area contributed by atoms with E-state index in [9.17, 15) is 10.1 Å². The van der Waals surface area contributed by atoms with E-state index >= 15 is 0 Å². The van der Waals surface area contributed by atoms with Crippen LogP contribution in [0.3, 0.4) is 0 Å². The van der Waals surface area contributed by atoms with E-state index < -0.39 is 11.0 Å². The lowest BCUT2D eigenvalue weighted by atomic mass is 10.1. The maximum Gasteiger partial charge on any atom is 0.270 e. The molecule has 0 aliphatic rings. The third kappa shape index (κ3) is 2.98. The number of aryl methyl sites for hydroxylation is 1. The predicted molar refractivity (Wildman–Crippen MR) is 69.9 cm³/mol. The normalized spacial score (nSPS) is 12.3. The Kier molecular flexibility index (Phi) is 4.06. The zero-order valence-electron chi connectivity index (χ0n) is 11.1. The van der Waals surface area contributed by atoms with Crippen LogP contribution in [0.5, 0.6) is 0 Å². The van der Waals surface area contributed by atoms with Crippen LogP contribution in [-0.4, -0.2) is 28.8 Å². The second-order valence-corrected chi connectivity index (χ2v) is 4.33. The summed E-state index contributed by atoms with van der Waals surface area (Å²) in [6, 6.07) is 4.08. The van der Waals surface area contributed by atoms with Gasteiger partial charge in [0.1, 0.15) is 0 Å². The predicted octanol–water partition coefficient (Wildman–Crippen LogP) is 1.60. The maximum atomic E-state index is 10.8. The number of aromatic nitrogens is 2. The average Bonchev–Trinajstić information content (AvgIpc) is 2.88. The number of nitro benzene ring substituents is 1. The van der Waals surface area contributed by atoms with Crippen molar-refractivity contribution in [2.24, 2.45) is 5.73 Å². The van der Waals surface area contributed by atoms with Crippen molar-refractivity contribution in [2.45, 2.75) is 13.0 Å². The van der Waals surface area contributed by atoms with Crippen molar-refractivity contribution < 1.29 is 14.2 Å². The van der Waals surface area contributed by atoms with Gasteiger partial charge in [-0.1, -0.05) is 5.16 Å². The van der Waals surface area contributed by atoms with E-state index in [1.807, 2.05) is 0 Å². The van der Waals surface area contributed by atoms with Gasteiger partial charge in [0, 0.05) is 24.8 Å². The number of non-ortho nitro benzene ring substituents is 1. The first-order valence-corrected chi connectivity index (χ1v) is 5.86. The van der Waals surface area contributed by atoms with E-state index in [-0.39, 0.29) is 18.2 Å². The minimum absolute atomic E-state index is 0.0269. The van der Waals surface area contributed by atoms with E-state index in [0.29, 0.717) is 11.4 Å². The molecule has 2 rings (SSSR count). The molecule has 2 N–H and O–H groups in total. The summed E-state index contributed by atoms with van der Waals surface area (Å²) in [6.07, 6.45) is 0. The first-order chi connectivity index (χ1) is 9.51. The molecule has 0 bridgehead atoms. The van der Waals surface area contributed by atoms with Crippen LogP contribution in [-0.2, 0) is 4.74 Å². The van der Waals surface area contributed by atoms with Crippen molar-refractivity contribution in [2.75, 3.05) is 13.7 Å². The molecule has 0 saturated carbocycles. The van der Waals surface area contributed by atoms with Gasteiger partial charge in [0.25, 0.3) is 11.6 Å². The van der Waals surface area contributed by atoms with Gasteiger partial charge in [-0.25, -0.2) is 0 Å². The largest absolute Gasteiger partial charge is 0.383 e. The highest BCUT2D eigenvalue weighted by molar-refractivity contribution is 5.59. The summed E-state index contributed by atoms with van der Waals surface area (Å²) >= 11 is 0. The Morgan fingerprint density at radius 3 is 2.90 bits per heavy atom. The Labute approximate surface area is 114 Å². The van der Waals surface area contributed by atoms with Crippen LogP contribution < -0.4 is 5.73 Å². The molecule has 0 radical (unpaired) electrons. The van der Waals surface area contributed by atoms with Gasteiger partial charge in [-0.05, 0) is 18.6 Å². The average molecular weight is 278 g/mol. The number of hydrogen-bond donors (Lipinski definition) is 1. The Balaban J connectivity index is 2.34. The Bertz CT molecular complexity index is 626. The molecule has 1 unspecified atom stereocenters. The fourth-order valence-electron chi connectivity index (χ4n) is 1.75. The minimum Gasteiger partial charge on any atom is -0.383 e. The molecule has 8 heteroatoms. The lowest BCUT2D eigenvalue weighted by molar-refractivity contribution is -0.384. The van der Waals surface area contributed by atoms with E-state index in [0.717, 1.165) is 5.56 Å². The van der Waals surface area contributed by atoms with E-state index in [4.69, 9.17) is 15.0 Å². The van der Waals surface area contributed by atoms with Gasteiger partial charge in [0.05, 0.1) is 17.6 Å². The third-order valence-corrected chi connectivity index (χ3v) is 2.64. The fraction of sp³-hybridized carbons (Fsp3) is 0.333. The molecular formula is C12H14N4O4. The van der Waals surface area contributed by atoms with Gasteiger partial charge in [0.15, 0.2) is 5.82 Å². The minimum atomic E-state index is -0.503. The molecule has 1 aromatic heterocycles. The van der Waals surface area contributed by atoms with Gasteiger partial charge in [-0.15, -0.1) is 0 Å². The van der Waals surface area contributed by atoms with Gasteiger partial charge in [-0.2, -0.15) is 4.98 Å². The van der Waals surface area contributed by atoms with Crippen molar-refractivity contribution in [1.82, 2.24) is 10.1 Å². The molecule has 0 saturated heterocycles. The molecule has 0 spiro atoms. The molecule has 0 amide bonds. The standard InChI is InChI=1S/C12H14N4O4/c1-7-3-8(5-9(4-7)16(17)18)12-14-11(15-20-12)10(13)6-19-2/h3-5,10H,6,13H2,1-2H3. The first-order valence-electron chi connectivity index (χ1n) is 5.86. The summed E-state index contributed by atoms with van der Waals surface area (Å²) in [7, 11) is 1.52. The lowest BCUT2D eigenvalue weighted by Crippen LogP contribution is -2.17. The molecule has 8 nitrogen and oxygen atoms in total. The van der Waals surface area contributed by atoms with Crippen molar-refractivity contribution in [3.05, 3.63) is 39.7 Å². The van der Waals surface area contributed by atoms with Crippen LogP contribution in [0, 0.1) is 17.0 Å². The van der Waals surface area contributed by atoms with Gasteiger partial charge in [-0.3, -0.25) is 10.1 Å². The fourth-order valence-corrected chi connectivity index (χ4v) is 1.75. The molecule has 1 heterocycles. The number of methoxy groups -OCH3 is 1. The number of benzene rings is 1. The topological polar surface area (TPSA) is 117 Å². The number of ether oxygens (including phenoxy) is 1. The molecule has 0 aliphatic heterocycles. The summed E-state index contributed by atoms with van der Waals surface area (Å²) in [5, 5.41) is 14.6. The van der Waals surface area contributed by atoms with Crippen LogP contribution in [0.1, 0.15) is 17.4 Å². The second kappa shape index (κ2) is 5.76. The van der Waals surface area contributed by atoms with E-state index in [1.165, 1.54) is 19.2 Å². The third-order valence-electron chi connectivity index (χ3n) is 2.64. The highest BCUT2D eigenvalue weighted by atomic mass is 16.6. The van der Waals surface area contributed by atoms with E-state index in [1.54, 1.807) is 13.0 Å². The van der Waals surface area contributed by atoms with Crippen molar-refractivity contribution in [3.63, 3.8) is 0 Å². The quantitative estimate of drug-likeness (QED) is 0.651. The molecule has 106 valence electrons. The second-order valence-electron chi connectivity index (χ2n) is 4.33. The summed E-state index contributed by atoms with van der Waals surface area (Å²) in [5.74, 6) is 0.490. The Morgan fingerprint density at radius 2 is 2.25 bits per heavy atom. The molecule has 1 aromatic carbocycles. The van der Waals surface area contributed by atoms with Gasteiger partial charge in [0.2, 0.25) is 0 Å². The Hall–Kier alpha value is -2.32. The van der Waals surface area contributed by atoms with Crippen LogP contribution in [0.2, 0.25) is 0 Å². The summed E-state index contributed by atoms with van der Waals surface area (Å²) in [6.45, 7) is 2.01. The number of rotatable bonds is 5. The number of nitrogens with two attached hydrogens (primary N) is 1. The zero-order chi connectivity index (χ0) is 14.7. The molecule has 20 heavy (non-hydrogen) atoms. The van der Waals surface area contributed by atoms with Crippen molar-refractivity contribution in [3.8, 4) is 11.5 Å². The molecular weight excluding hydrogens is 264 g/mol. The SMILES string of the molecule is COCC(N)c1noc(-c2cc(C)cc([N+](=O)[O-])c2)n1. The summed E-state index contributed by atoms with van der Waals surface area (Å²) in [4.78, 5) is 14.5. The summed E-state index contributed by atoms with van der Waals surface area (Å²) < 4.78 is 10.00. The highest BCUT2D eigenvalue weighted by Gasteiger charge is 2.17. The van der Waals surface area contributed by atoms with Crippen LogP contribution in [0.15, 0.2) is 22.7 Å². The van der Waals surface area contributed by atoms with Crippen molar-refractivity contribution >= 4 is 5.69 Å².